The quantitative estimate of drug-likeness (QED) is 0.683. The van der Waals surface area contributed by atoms with Crippen LogP contribution in [0.2, 0.25) is 0 Å². The Morgan fingerprint density at radius 2 is 2.00 bits per heavy atom. The second-order valence-corrected chi connectivity index (χ2v) is 4.64. The van der Waals surface area contributed by atoms with Crippen molar-refractivity contribution in [1.29, 1.82) is 0 Å². The lowest BCUT2D eigenvalue weighted by molar-refractivity contribution is -0.136. The normalized spacial score (nSPS) is 10.2. The van der Waals surface area contributed by atoms with Crippen LogP contribution in [0.25, 0.3) is 0 Å². The van der Waals surface area contributed by atoms with Gasteiger partial charge in [-0.1, -0.05) is 18.2 Å². The molecule has 0 radical (unpaired) electrons. The Bertz CT molecular complexity index is 476. The minimum atomic E-state index is -0.866. The van der Waals surface area contributed by atoms with Gasteiger partial charge in [0.1, 0.15) is 0 Å². The molecule has 0 aliphatic rings. The van der Waals surface area contributed by atoms with Crippen LogP contribution >= 0.6 is 0 Å². The van der Waals surface area contributed by atoms with Crippen LogP contribution in [0, 0.1) is 0 Å². The van der Waals surface area contributed by atoms with Gasteiger partial charge in [-0.25, -0.2) is 4.79 Å². The third-order valence-electron chi connectivity index (χ3n) is 3.12. The third-order valence-corrected chi connectivity index (χ3v) is 3.12. The van der Waals surface area contributed by atoms with Gasteiger partial charge in [0.05, 0.1) is 0 Å². The number of aryl methyl sites for hydroxylation is 1. The van der Waals surface area contributed by atoms with Gasteiger partial charge in [-0.15, -0.1) is 0 Å². The van der Waals surface area contributed by atoms with E-state index in [0.717, 1.165) is 5.56 Å². The predicted molar refractivity (Wildman–Crippen MR) is 80.4 cm³/mol. The van der Waals surface area contributed by atoms with Crippen LogP contribution in [0.1, 0.15) is 25.3 Å². The monoisotopic (exact) mass is 294 g/mol. The summed E-state index contributed by atoms with van der Waals surface area (Å²) in [4.78, 5) is 24.4. The lowest BCUT2D eigenvalue weighted by Crippen LogP contribution is -2.36. The molecule has 0 heterocycles. The maximum Gasteiger partial charge on any atom is 0.321 e. The highest BCUT2D eigenvalue weighted by molar-refractivity contribution is 5.90. The van der Waals surface area contributed by atoms with E-state index in [4.69, 9.17) is 10.2 Å². The van der Waals surface area contributed by atoms with Crippen LogP contribution < -0.4 is 5.32 Å². The van der Waals surface area contributed by atoms with Gasteiger partial charge < -0.3 is 20.4 Å². The number of rotatable bonds is 8. The van der Waals surface area contributed by atoms with Crippen molar-refractivity contribution in [3.63, 3.8) is 0 Å². The summed E-state index contributed by atoms with van der Waals surface area (Å²) in [5, 5.41) is 20.4. The van der Waals surface area contributed by atoms with Crippen molar-refractivity contribution in [1.82, 2.24) is 4.90 Å². The lowest BCUT2D eigenvalue weighted by Gasteiger charge is -2.22. The smallest absolute Gasteiger partial charge is 0.321 e. The van der Waals surface area contributed by atoms with Crippen molar-refractivity contribution in [3.8, 4) is 0 Å². The number of carbonyl (C=O) groups is 2. The lowest BCUT2D eigenvalue weighted by atomic mass is 10.1. The molecule has 6 nitrogen and oxygen atoms in total. The zero-order chi connectivity index (χ0) is 15.7. The van der Waals surface area contributed by atoms with E-state index < -0.39 is 5.97 Å². The first-order valence-electron chi connectivity index (χ1n) is 7.05. The van der Waals surface area contributed by atoms with E-state index in [9.17, 15) is 9.59 Å². The number of carboxylic acid groups (broad SMARTS) is 1. The molecule has 0 saturated heterocycles. The van der Waals surface area contributed by atoms with Crippen molar-refractivity contribution in [3.05, 3.63) is 29.8 Å². The Morgan fingerprint density at radius 3 is 2.62 bits per heavy atom. The fourth-order valence-corrected chi connectivity index (χ4v) is 1.96. The van der Waals surface area contributed by atoms with Gasteiger partial charge in [-0.05, 0) is 31.4 Å². The van der Waals surface area contributed by atoms with Crippen molar-refractivity contribution in [2.45, 2.75) is 26.2 Å². The molecule has 116 valence electrons. The van der Waals surface area contributed by atoms with Crippen LogP contribution in [0.3, 0.4) is 0 Å². The summed E-state index contributed by atoms with van der Waals surface area (Å²) < 4.78 is 0. The Kier molecular flexibility index (Phi) is 7.25. The Balaban J connectivity index is 2.72. The number of hydrogen-bond acceptors (Lipinski definition) is 3. The Hall–Kier alpha value is -2.08. The summed E-state index contributed by atoms with van der Waals surface area (Å²) >= 11 is 0. The largest absolute Gasteiger partial charge is 0.481 e. The van der Waals surface area contributed by atoms with Crippen molar-refractivity contribution >= 4 is 17.7 Å². The number of anilines is 1. The number of urea groups is 1. The zero-order valence-corrected chi connectivity index (χ0v) is 12.2. The third kappa shape index (κ3) is 5.83. The standard InChI is InChI=1S/C15H22N2O4/c1-2-17(10-5-11-18)15(21)16-13-7-4-3-6-12(13)8-9-14(19)20/h3-4,6-7,18H,2,5,8-11H2,1H3,(H,16,21)(H,19,20). The minimum Gasteiger partial charge on any atom is -0.481 e. The molecule has 0 spiro atoms. The molecule has 0 aromatic heterocycles. The molecule has 0 saturated carbocycles. The molecule has 0 fully saturated rings. The van der Waals surface area contributed by atoms with Crippen molar-refractivity contribution < 1.29 is 19.8 Å². The summed E-state index contributed by atoms with van der Waals surface area (Å²) in [6, 6.07) is 6.94. The van der Waals surface area contributed by atoms with E-state index in [1.165, 1.54) is 0 Å². The highest BCUT2D eigenvalue weighted by Gasteiger charge is 2.13. The van der Waals surface area contributed by atoms with Crippen LogP contribution in [-0.2, 0) is 11.2 Å². The summed E-state index contributed by atoms with van der Waals surface area (Å²) in [6.07, 6.45) is 0.922. The molecule has 1 rings (SSSR count). The molecule has 0 unspecified atom stereocenters. The first-order chi connectivity index (χ1) is 10.1. The number of aliphatic hydroxyl groups is 1. The average molecular weight is 294 g/mol. The van der Waals surface area contributed by atoms with E-state index in [2.05, 4.69) is 5.32 Å². The Morgan fingerprint density at radius 1 is 1.29 bits per heavy atom. The summed E-state index contributed by atoms with van der Waals surface area (Å²) in [5.41, 5.74) is 1.43. The van der Waals surface area contributed by atoms with E-state index in [0.29, 0.717) is 31.6 Å². The molecule has 6 heteroatoms. The molecule has 2 amide bonds. The van der Waals surface area contributed by atoms with Crippen LogP contribution in [0.5, 0.6) is 0 Å². The average Bonchev–Trinajstić information content (AvgIpc) is 2.47. The van der Waals surface area contributed by atoms with Crippen molar-refractivity contribution in [2.75, 3.05) is 25.0 Å². The number of aliphatic carboxylic acids is 1. The molecule has 3 N–H and O–H groups in total. The Labute approximate surface area is 124 Å². The van der Waals surface area contributed by atoms with Gasteiger partial charge in [-0.3, -0.25) is 4.79 Å². The van der Waals surface area contributed by atoms with Gasteiger partial charge in [0, 0.05) is 31.8 Å². The molecule has 1 aromatic rings. The highest BCUT2D eigenvalue weighted by atomic mass is 16.4. The second-order valence-electron chi connectivity index (χ2n) is 4.64. The molecule has 0 aliphatic carbocycles. The molecule has 0 aliphatic heterocycles. The first-order valence-corrected chi connectivity index (χ1v) is 7.05. The SMILES string of the molecule is CCN(CCCO)C(=O)Nc1ccccc1CCC(=O)O. The van der Waals surface area contributed by atoms with E-state index in [-0.39, 0.29) is 19.1 Å². The number of para-hydroxylation sites is 1. The number of aliphatic hydroxyl groups excluding tert-OH is 1. The first kappa shape index (κ1) is 17.0. The topological polar surface area (TPSA) is 89.9 Å². The van der Waals surface area contributed by atoms with E-state index in [1.54, 1.807) is 17.0 Å². The molecular formula is C15H22N2O4. The van der Waals surface area contributed by atoms with Crippen molar-refractivity contribution in [2.24, 2.45) is 0 Å². The summed E-state index contributed by atoms with van der Waals surface area (Å²) in [5.74, 6) is -0.866. The molecule has 1 aromatic carbocycles. The van der Waals surface area contributed by atoms with Gasteiger partial charge in [-0.2, -0.15) is 0 Å². The highest BCUT2D eigenvalue weighted by Crippen LogP contribution is 2.17. The maximum atomic E-state index is 12.2. The second kappa shape index (κ2) is 8.97. The number of nitrogens with one attached hydrogen (secondary N) is 1. The number of amides is 2. The van der Waals surface area contributed by atoms with Crippen LogP contribution in [-0.4, -0.2) is 46.8 Å². The molecule has 0 bridgehead atoms. The molecule has 0 atom stereocenters. The number of carboxylic acids is 1. The number of carbonyl (C=O) groups excluding carboxylic acids is 1. The molecule has 21 heavy (non-hydrogen) atoms. The fraction of sp³-hybridized carbons (Fsp3) is 0.467. The number of hydrogen-bond donors (Lipinski definition) is 3. The zero-order valence-electron chi connectivity index (χ0n) is 12.2. The van der Waals surface area contributed by atoms with E-state index in [1.807, 2.05) is 19.1 Å². The maximum absolute atomic E-state index is 12.2. The van der Waals surface area contributed by atoms with Gasteiger partial charge in [0.15, 0.2) is 0 Å². The fourth-order valence-electron chi connectivity index (χ4n) is 1.96. The van der Waals surface area contributed by atoms with Crippen LogP contribution in [0.4, 0.5) is 10.5 Å². The number of benzene rings is 1. The van der Waals surface area contributed by atoms with E-state index >= 15 is 0 Å². The minimum absolute atomic E-state index is 0.0227. The van der Waals surface area contributed by atoms with Gasteiger partial charge >= 0.3 is 12.0 Å². The van der Waals surface area contributed by atoms with Gasteiger partial charge in [0.25, 0.3) is 0 Å². The molecular weight excluding hydrogens is 272 g/mol. The number of nitrogens with zero attached hydrogens (tertiary/aromatic N) is 1. The predicted octanol–water partition coefficient (Wildman–Crippen LogP) is 1.94. The van der Waals surface area contributed by atoms with Gasteiger partial charge in [0.2, 0.25) is 0 Å². The summed E-state index contributed by atoms with van der Waals surface area (Å²) in [7, 11) is 0. The summed E-state index contributed by atoms with van der Waals surface area (Å²) in [6.45, 7) is 2.94. The van der Waals surface area contributed by atoms with Crippen LogP contribution in [0.15, 0.2) is 24.3 Å².